The molecule has 0 aromatic heterocycles. The second kappa shape index (κ2) is 26.4. The summed E-state index contributed by atoms with van der Waals surface area (Å²) in [4.78, 5) is 13.2. The molecule has 69 heavy (non-hydrogen) atoms. The van der Waals surface area contributed by atoms with E-state index < -0.39 is 61.3 Å². The van der Waals surface area contributed by atoms with E-state index in [1.165, 1.54) is 14.0 Å². The third kappa shape index (κ3) is 14.7. The topological polar surface area (TPSA) is 121 Å². The number of nitrogens with one attached hydrogen (secondary N) is 1. The summed E-state index contributed by atoms with van der Waals surface area (Å²) in [6.45, 7) is 3.29. The molecule has 0 bridgehead atoms. The molecule has 6 aromatic carbocycles. The number of hydrogen-bond acceptors (Lipinski definition) is 11. The van der Waals surface area contributed by atoms with Gasteiger partial charge in [-0.3, -0.25) is 4.79 Å². The van der Waals surface area contributed by atoms with Gasteiger partial charge in [0.1, 0.15) is 48.8 Å². The van der Waals surface area contributed by atoms with E-state index in [-0.39, 0.29) is 45.5 Å². The van der Waals surface area contributed by atoms with Crippen molar-refractivity contribution in [3.05, 3.63) is 215 Å². The first-order chi connectivity index (χ1) is 34.0. The highest BCUT2D eigenvalue weighted by molar-refractivity contribution is 5.73. The molecule has 0 unspecified atom stereocenters. The third-order valence-electron chi connectivity index (χ3n) is 12.1. The number of hydrogen-bond donors (Lipinski definition) is 1. The number of carbonyl (C=O) groups is 1. The monoisotopic (exact) mass is 937 g/mol. The van der Waals surface area contributed by atoms with Crippen molar-refractivity contribution in [1.82, 2.24) is 5.32 Å². The zero-order valence-electron chi connectivity index (χ0n) is 39.2. The molecule has 2 saturated heterocycles. The predicted molar refractivity (Wildman–Crippen MR) is 259 cm³/mol. The van der Waals surface area contributed by atoms with Crippen molar-refractivity contribution in [1.29, 1.82) is 0 Å². The lowest BCUT2D eigenvalue weighted by molar-refractivity contribution is -0.361. The van der Waals surface area contributed by atoms with Crippen LogP contribution in [-0.2, 0) is 91.8 Å². The molecule has 1 N–H and O–H groups in total. The maximum Gasteiger partial charge on any atom is 0.217 e. The normalized spacial score (nSPS) is 24.7. The van der Waals surface area contributed by atoms with E-state index in [2.05, 4.69) is 5.32 Å². The summed E-state index contributed by atoms with van der Waals surface area (Å²) in [7, 11) is 1.54. The molecule has 2 aliphatic rings. The highest BCUT2D eigenvalue weighted by Gasteiger charge is 2.54. The van der Waals surface area contributed by atoms with Crippen molar-refractivity contribution >= 4 is 5.91 Å². The van der Waals surface area contributed by atoms with Crippen LogP contribution in [0.2, 0.25) is 0 Å². The van der Waals surface area contributed by atoms with E-state index in [9.17, 15) is 4.79 Å². The smallest absolute Gasteiger partial charge is 0.217 e. The number of methoxy groups -OCH3 is 1. The van der Waals surface area contributed by atoms with E-state index in [0.717, 1.165) is 33.4 Å². The lowest BCUT2D eigenvalue weighted by Crippen LogP contribution is -2.69. The molecule has 362 valence electrons. The Kier molecular flexibility index (Phi) is 19.0. The Balaban J connectivity index is 1.18. The maximum absolute atomic E-state index is 13.2. The van der Waals surface area contributed by atoms with Gasteiger partial charge in [0.25, 0.3) is 0 Å². The standard InChI is InChI=1S/C57H63NO11/c1-41(59)58-50-53(51(63-35-44-25-13-5-14-26-44)48(67-56(50)60-2)39-61-33-42-21-9-3-10-22-42)69-57-55(66-38-47-31-19-8-20-32-47)54(65-37-46-29-17-7-18-30-46)52(64-36-45-27-15-6-16-28-45)49(68-57)40-62-34-43-23-11-4-12-24-43/h3-32,48-57H,33-40H2,1-2H3,(H,58,59)/t48-,49-,50-,51-,52+,53-,54+,55-,56+,57+/m1/s1. The van der Waals surface area contributed by atoms with Gasteiger partial charge in [0.05, 0.1) is 52.9 Å². The molecule has 2 fully saturated rings. The van der Waals surface area contributed by atoms with Gasteiger partial charge in [0.2, 0.25) is 5.91 Å². The zero-order valence-corrected chi connectivity index (χ0v) is 39.2. The molecule has 0 radical (unpaired) electrons. The van der Waals surface area contributed by atoms with Gasteiger partial charge in [-0.2, -0.15) is 0 Å². The second-order valence-electron chi connectivity index (χ2n) is 17.2. The summed E-state index contributed by atoms with van der Waals surface area (Å²) in [6, 6.07) is 58.8. The van der Waals surface area contributed by atoms with E-state index >= 15 is 0 Å². The first-order valence-corrected chi connectivity index (χ1v) is 23.6. The fourth-order valence-corrected chi connectivity index (χ4v) is 8.64. The highest BCUT2D eigenvalue weighted by atomic mass is 16.7. The van der Waals surface area contributed by atoms with E-state index in [1.54, 1.807) is 0 Å². The molecule has 8 rings (SSSR count). The molecular formula is C57H63NO11. The second-order valence-corrected chi connectivity index (χ2v) is 17.2. The maximum atomic E-state index is 13.2. The molecule has 12 heteroatoms. The largest absolute Gasteiger partial charge is 0.374 e. The SMILES string of the molecule is CO[C@H]1O[C@H](COCc2ccccc2)[C@@H](OCc2ccccc2)[C@H](O[C@@H]2O[C@H](COCc3ccccc3)[C@H](OCc3ccccc3)[C@H](OCc3ccccc3)[C@H]2OCc2ccccc2)[C@H]1NC(C)=O. The van der Waals surface area contributed by atoms with Crippen LogP contribution in [0.25, 0.3) is 0 Å². The molecule has 1 amide bonds. The van der Waals surface area contributed by atoms with Gasteiger partial charge < -0.3 is 52.7 Å². The van der Waals surface area contributed by atoms with Crippen molar-refractivity contribution in [2.24, 2.45) is 0 Å². The Morgan fingerprint density at radius 2 is 0.739 bits per heavy atom. The molecule has 0 saturated carbocycles. The first kappa shape index (κ1) is 49.8. The summed E-state index contributed by atoms with van der Waals surface area (Å²) in [6.07, 6.45) is -7.71. The number of ether oxygens (including phenoxy) is 10. The molecule has 0 spiro atoms. The zero-order chi connectivity index (χ0) is 47.5. The van der Waals surface area contributed by atoms with E-state index in [4.69, 9.17) is 47.4 Å². The van der Waals surface area contributed by atoms with Gasteiger partial charge >= 0.3 is 0 Å². The van der Waals surface area contributed by atoms with Crippen molar-refractivity contribution in [2.45, 2.75) is 108 Å². The molecular weight excluding hydrogens is 875 g/mol. The van der Waals surface area contributed by atoms with Crippen molar-refractivity contribution in [2.75, 3.05) is 20.3 Å². The number of benzene rings is 6. The molecule has 2 aliphatic heterocycles. The van der Waals surface area contributed by atoms with Gasteiger partial charge in [-0.1, -0.05) is 182 Å². The number of carbonyl (C=O) groups excluding carboxylic acids is 1. The molecule has 0 aliphatic carbocycles. The van der Waals surface area contributed by atoms with Gasteiger partial charge in [0, 0.05) is 14.0 Å². The minimum atomic E-state index is -1.14. The minimum absolute atomic E-state index is 0.120. The van der Waals surface area contributed by atoms with Crippen molar-refractivity contribution in [3.8, 4) is 0 Å². The van der Waals surface area contributed by atoms with Crippen LogP contribution < -0.4 is 5.32 Å². The summed E-state index contributed by atoms with van der Waals surface area (Å²) in [5.74, 6) is -0.313. The summed E-state index contributed by atoms with van der Waals surface area (Å²) >= 11 is 0. The fourth-order valence-electron chi connectivity index (χ4n) is 8.64. The van der Waals surface area contributed by atoms with Crippen LogP contribution in [0.4, 0.5) is 0 Å². The van der Waals surface area contributed by atoms with Gasteiger partial charge in [-0.15, -0.1) is 0 Å². The Bertz CT molecular complexity index is 2350. The summed E-state index contributed by atoms with van der Waals surface area (Å²) in [5.41, 5.74) is 5.83. The fraction of sp³-hybridized carbons (Fsp3) is 0.351. The Hall–Kier alpha value is -5.61. The third-order valence-corrected chi connectivity index (χ3v) is 12.1. The highest BCUT2D eigenvalue weighted by Crippen LogP contribution is 2.36. The van der Waals surface area contributed by atoms with Gasteiger partial charge in [0.15, 0.2) is 12.6 Å². The summed E-state index contributed by atoms with van der Waals surface area (Å²) < 4.78 is 67.8. The number of amides is 1. The Labute approximate surface area is 405 Å². The van der Waals surface area contributed by atoms with Crippen LogP contribution in [0.3, 0.4) is 0 Å². The predicted octanol–water partition coefficient (Wildman–Crippen LogP) is 8.75. The average molecular weight is 938 g/mol. The van der Waals surface area contributed by atoms with Crippen LogP contribution in [0.5, 0.6) is 0 Å². The van der Waals surface area contributed by atoms with Crippen LogP contribution >= 0.6 is 0 Å². The quantitative estimate of drug-likeness (QED) is 0.0628. The van der Waals surface area contributed by atoms with Crippen molar-refractivity contribution in [3.63, 3.8) is 0 Å². The Morgan fingerprint density at radius 1 is 0.420 bits per heavy atom. The van der Waals surface area contributed by atoms with Gasteiger partial charge in [-0.25, -0.2) is 0 Å². The lowest BCUT2D eigenvalue weighted by atomic mass is 9.94. The van der Waals surface area contributed by atoms with Crippen LogP contribution in [0.1, 0.15) is 40.3 Å². The van der Waals surface area contributed by atoms with E-state index in [0.29, 0.717) is 13.2 Å². The molecule has 10 atom stereocenters. The van der Waals surface area contributed by atoms with Gasteiger partial charge in [-0.05, 0) is 33.4 Å². The Morgan fingerprint density at radius 3 is 1.10 bits per heavy atom. The van der Waals surface area contributed by atoms with Crippen LogP contribution in [-0.4, -0.2) is 87.6 Å². The molecule has 2 heterocycles. The van der Waals surface area contributed by atoms with E-state index in [1.807, 2.05) is 182 Å². The molecule has 6 aromatic rings. The first-order valence-electron chi connectivity index (χ1n) is 23.6. The van der Waals surface area contributed by atoms with Crippen LogP contribution in [0.15, 0.2) is 182 Å². The molecule has 12 nitrogen and oxygen atoms in total. The average Bonchev–Trinajstić information content (AvgIpc) is 3.39. The minimum Gasteiger partial charge on any atom is -0.374 e. The lowest BCUT2D eigenvalue weighted by Gasteiger charge is -2.50. The number of rotatable bonds is 24. The van der Waals surface area contributed by atoms with Crippen LogP contribution in [0, 0.1) is 0 Å². The summed E-state index contributed by atoms with van der Waals surface area (Å²) in [5, 5.41) is 3.08. The van der Waals surface area contributed by atoms with Crippen molar-refractivity contribution < 1.29 is 52.2 Å².